The van der Waals surface area contributed by atoms with Gasteiger partial charge in [0.05, 0.1) is 14.2 Å². The van der Waals surface area contributed by atoms with Gasteiger partial charge in [0.2, 0.25) is 0 Å². The molecule has 0 aliphatic carbocycles. The monoisotopic (exact) mass is 232 g/mol. The lowest BCUT2D eigenvalue weighted by Crippen LogP contribution is -2.05. The van der Waals surface area contributed by atoms with Gasteiger partial charge in [0, 0.05) is 11.9 Å². The highest BCUT2D eigenvalue weighted by Gasteiger charge is 2.07. The van der Waals surface area contributed by atoms with Crippen LogP contribution < -0.4 is 10.1 Å². The number of hydrogen-bond donors (Lipinski definition) is 1. The molecule has 1 rings (SSSR count). The highest BCUT2D eigenvalue weighted by atomic mass is 16.5. The van der Waals surface area contributed by atoms with Gasteiger partial charge in [-0.3, -0.25) is 0 Å². The number of benzene rings is 1. The van der Waals surface area contributed by atoms with E-state index in [4.69, 9.17) is 10.00 Å². The van der Waals surface area contributed by atoms with Gasteiger partial charge in [0.15, 0.2) is 5.57 Å². The van der Waals surface area contributed by atoms with Crippen LogP contribution in [0, 0.1) is 11.3 Å². The standard InChI is InChI=1S/C12H12N2O3/c1-16-11-5-3-10(4-6-11)14-8-9(7-13)12(15)17-2/h3-6,8,14H,1-2H3. The van der Waals surface area contributed by atoms with Crippen molar-refractivity contribution in [3.63, 3.8) is 0 Å². The molecule has 5 nitrogen and oxygen atoms in total. The molecular formula is C12H12N2O3. The maximum absolute atomic E-state index is 11.1. The van der Waals surface area contributed by atoms with E-state index < -0.39 is 5.97 Å². The number of esters is 1. The van der Waals surface area contributed by atoms with Gasteiger partial charge in [-0.25, -0.2) is 4.79 Å². The summed E-state index contributed by atoms with van der Waals surface area (Å²) in [5.74, 6) is 0.0570. The Labute approximate surface area is 99.3 Å². The maximum Gasteiger partial charge on any atom is 0.350 e. The van der Waals surface area contributed by atoms with E-state index >= 15 is 0 Å². The van der Waals surface area contributed by atoms with Crippen molar-refractivity contribution in [1.29, 1.82) is 5.26 Å². The summed E-state index contributed by atoms with van der Waals surface area (Å²) in [4.78, 5) is 11.1. The first-order valence-corrected chi connectivity index (χ1v) is 4.80. The summed E-state index contributed by atoms with van der Waals surface area (Å²) in [6.07, 6.45) is 1.30. The van der Waals surface area contributed by atoms with Gasteiger partial charge in [-0.1, -0.05) is 0 Å². The molecule has 1 N–H and O–H groups in total. The lowest BCUT2D eigenvalue weighted by molar-refractivity contribution is -0.135. The second-order valence-corrected chi connectivity index (χ2v) is 3.03. The fourth-order valence-electron chi connectivity index (χ4n) is 1.09. The Balaban J connectivity index is 2.74. The van der Waals surface area contributed by atoms with Gasteiger partial charge in [0.1, 0.15) is 11.8 Å². The number of nitrogens with zero attached hydrogens (tertiary/aromatic N) is 1. The number of methoxy groups -OCH3 is 2. The largest absolute Gasteiger partial charge is 0.497 e. The van der Waals surface area contributed by atoms with Gasteiger partial charge in [0.25, 0.3) is 0 Å². The average Bonchev–Trinajstić information content (AvgIpc) is 2.39. The molecule has 0 unspecified atom stereocenters. The lowest BCUT2D eigenvalue weighted by atomic mass is 10.3. The zero-order chi connectivity index (χ0) is 12.7. The van der Waals surface area contributed by atoms with Crippen molar-refractivity contribution < 1.29 is 14.3 Å². The number of hydrogen-bond acceptors (Lipinski definition) is 5. The molecule has 0 fully saturated rings. The van der Waals surface area contributed by atoms with Crippen molar-refractivity contribution in [3.8, 4) is 11.8 Å². The molecule has 0 radical (unpaired) electrons. The summed E-state index contributed by atoms with van der Waals surface area (Å²) in [5.41, 5.74) is 0.644. The van der Waals surface area contributed by atoms with Gasteiger partial charge in [-0.15, -0.1) is 0 Å². The molecular weight excluding hydrogens is 220 g/mol. The molecule has 0 aliphatic heterocycles. The van der Waals surface area contributed by atoms with E-state index in [9.17, 15) is 4.79 Å². The van der Waals surface area contributed by atoms with Crippen molar-refractivity contribution >= 4 is 11.7 Å². The van der Waals surface area contributed by atoms with Crippen LogP contribution in [0.15, 0.2) is 36.0 Å². The van der Waals surface area contributed by atoms with Crippen LogP contribution in [0.25, 0.3) is 0 Å². The minimum Gasteiger partial charge on any atom is -0.497 e. The second-order valence-electron chi connectivity index (χ2n) is 3.03. The molecule has 0 amide bonds. The van der Waals surface area contributed by atoms with E-state index in [1.165, 1.54) is 13.3 Å². The second kappa shape index (κ2) is 6.18. The van der Waals surface area contributed by atoms with Gasteiger partial charge in [-0.2, -0.15) is 5.26 Å². The molecule has 0 aliphatic rings. The zero-order valence-corrected chi connectivity index (χ0v) is 9.56. The van der Waals surface area contributed by atoms with Crippen LogP contribution in [0.1, 0.15) is 0 Å². The molecule has 1 aromatic carbocycles. The van der Waals surface area contributed by atoms with Crippen molar-refractivity contribution in [2.24, 2.45) is 0 Å². The SMILES string of the molecule is COC(=O)C(C#N)=CNc1ccc(OC)cc1. The number of nitriles is 1. The summed E-state index contributed by atoms with van der Waals surface area (Å²) in [5, 5.41) is 11.5. The Morgan fingerprint density at radius 2 is 2.00 bits per heavy atom. The first kappa shape index (κ1) is 12.6. The molecule has 88 valence electrons. The number of carbonyl (C=O) groups is 1. The topological polar surface area (TPSA) is 71.4 Å². The van der Waals surface area contributed by atoms with Crippen molar-refractivity contribution in [2.75, 3.05) is 19.5 Å². The maximum atomic E-state index is 11.1. The van der Waals surface area contributed by atoms with Crippen molar-refractivity contribution in [3.05, 3.63) is 36.0 Å². The van der Waals surface area contributed by atoms with Crippen LogP contribution >= 0.6 is 0 Å². The van der Waals surface area contributed by atoms with E-state index in [1.54, 1.807) is 37.4 Å². The predicted octanol–water partition coefficient (Wildman–Crippen LogP) is 1.69. The summed E-state index contributed by atoms with van der Waals surface area (Å²) < 4.78 is 9.44. The molecule has 5 heteroatoms. The Kier molecular flexibility index (Phi) is 4.58. The van der Waals surface area contributed by atoms with Gasteiger partial charge < -0.3 is 14.8 Å². The number of carbonyl (C=O) groups excluding carboxylic acids is 1. The minimum atomic E-state index is -0.673. The third kappa shape index (κ3) is 3.54. The van der Waals surface area contributed by atoms with Gasteiger partial charge >= 0.3 is 5.97 Å². The molecule has 17 heavy (non-hydrogen) atoms. The van der Waals surface area contributed by atoms with Crippen LogP contribution in [-0.4, -0.2) is 20.2 Å². The third-order valence-electron chi connectivity index (χ3n) is 2.00. The van der Waals surface area contributed by atoms with E-state index in [0.29, 0.717) is 0 Å². The zero-order valence-electron chi connectivity index (χ0n) is 9.56. The normalized spacial score (nSPS) is 10.3. The fourth-order valence-corrected chi connectivity index (χ4v) is 1.09. The van der Waals surface area contributed by atoms with Crippen LogP contribution in [0.2, 0.25) is 0 Å². The van der Waals surface area contributed by atoms with Gasteiger partial charge in [-0.05, 0) is 24.3 Å². The lowest BCUT2D eigenvalue weighted by Gasteiger charge is -2.03. The molecule has 1 aromatic rings. The van der Waals surface area contributed by atoms with E-state index in [-0.39, 0.29) is 5.57 Å². The van der Waals surface area contributed by atoms with Crippen LogP contribution in [0.5, 0.6) is 5.75 Å². The van der Waals surface area contributed by atoms with E-state index in [0.717, 1.165) is 11.4 Å². The highest BCUT2D eigenvalue weighted by molar-refractivity contribution is 5.92. The number of nitrogens with one attached hydrogen (secondary N) is 1. The van der Waals surface area contributed by atoms with Crippen LogP contribution in [0.3, 0.4) is 0 Å². The number of ether oxygens (including phenoxy) is 2. The van der Waals surface area contributed by atoms with E-state index in [1.807, 2.05) is 0 Å². The summed E-state index contributed by atoms with van der Waals surface area (Å²) in [7, 11) is 2.80. The summed E-state index contributed by atoms with van der Waals surface area (Å²) in [6.45, 7) is 0. The minimum absolute atomic E-state index is 0.0941. The first-order chi connectivity index (χ1) is 8.21. The summed E-state index contributed by atoms with van der Waals surface area (Å²) >= 11 is 0. The molecule has 0 heterocycles. The van der Waals surface area contributed by atoms with Crippen molar-refractivity contribution in [1.82, 2.24) is 0 Å². The Morgan fingerprint density at radius 3 is 2.47 bits per heavy atom. The molecule has 0 saturated carbocycles. The number of anilines is 1. The average molecular weight is 232 g/mol. The smallest absolute Gasteiger partial charge is 0.350 e. The Hall–Kier alpha value is -2.48. The van der Waals surface area contributed by atoms with Crippen molar-refractivity contribution in [2.45, 2.75) is 0 Å². The van der Waals surface area contributed by atoms with E-state index in [2.05, 4.69) is 10.1 Å². The quantitative estimate of drug-likeness (QED) is 0.486. The summed E-state index contributed by atoms with van der Waals surface area (Å²) in [6, 6.07) is 8.80. The molecule has 0 atom stereocenters. The predicted molar refractivity (Wildman–Crippen MR) is 62.3 cm³/mol. The Bertz CT molecular complexity index is 458. The molecule has 0 saturated heterocycles. The highest BCUT2D eigenvalue weighted by Crippen LogP contribution is 2.15. The van der Waals surface area contributed by atoms with Crippen LogP contribution in [-0.2, 0) is 9.53 Å². The fraction of sp³-hybridized carbons (Fsp3) is 0.167. The molecule has 0 aromatic heterocycles. The number of rotatable bonds is 4. The molecule has 0 spiro atoms. The third-order valence-corrected chi connectivity index (χ3v) is 2.00. The first-order valence-electron chi connectivity index (χ1n) is 4.80. The molecule has 0 bridgehead atoms. The Morgan fingerprint density at radius 1 is 1.35 bits per heavy atom. The van der Waals surface area contributed by atoms with Crippen LogP contribution in [0.4, 0.5) is 5.69 Å².